The molecule has 0 radical (unpaired) electrons. The zero-order valence-electron chi connectivity index (χ0n) is 11.1. The van der Waals surface area contributed by atoms with Crippen LogP contribution in [0.1, 0.15) is 27.7 Å². The van der Waals surface area contributed by atoms with Crippen LogP contribution in [0.15, 0.2) is 0 Å². The highest BCUT2D eigenvalue weighted by Crippen LogP contribution is 2.44. The van der Waals surface area contributed by atoms with E-state index >= 15 is 0 Å². The van der Waals surface area contributed by atoms with Gasteiger partial charge in [0.1, 0.15) is 0 Å². The highest BCUT2D eigenvalue weighted by Gasteiger charge is 2.43. The fraction of sp³-hybridized carbons (Fsp3) is 0.900. The summed E-state index contributed by atoms with van der Waals surface area (Å²) in [6.45, 7) is 11.2. The van der Waals surface area contributed by atoms with Gasteiger partial charge in [-0.1, -0.05) is 40.8 Å². The van der Waals surface area contributed by atoms with Crippen LogP contribution in [0, 0.1) is 11.1 Å². The lowest BCUT2D eigenvalue weighted by atomic mass is 9.99. The van der Waals surface area contributed by atoms with Gasteiger partial charge in [0.25, 0.3) is 0 Å². The van der Waals surface area contributed by atoms with E-state index in [9.17, 15) is 18.4 Å². The van der Waals surface area contributed by atoms with Crippen LogP contribution in [-0.4, -0.2) is 25.6 Å². The van der Waals surface area contributed by atoms with Gasteiger partial charge in [-0.15, -0.1) is 0 Å². The molecule has 0 aliphatic rings. The topological polar surface area (TPSA) is 35.3 Å². The van der Waals surface area contributed by atoms with Gasteiger partial charge in [0, 0.05) is 4.90 Å². The first-order valence-corrected chi connectivity index (χ1v) is 8.28. The monoisotopic (exact) mass is 271 g/mol. The number of halogens is 3. The Kier molecular flexibility index (Phi) is 4.67. The van der Waals surface area contributed by atoms with E-state index in [1.165, 1.54) is 0 Å². The largest absolute Gasteiger partial charge is 0.475 e. The van der Waals surface area contributed by atoms with E-state index in [1.807, 2.05) is 27.7 Å². The molecule has 0 fully saturated rings. The Labute approximate surface area is 101 Å². The van der Waals surface area contributed by atoms with Crippen molar-refractivity contribution in [3.05, 3.63) is 5.21 Å². The van der Waals surface area contributed by atoms with Crippen LogP contribution < -0.4 is 0 Å². The SMILES string of the molecule is CC(C)C(C)(C)[Si](C)(C)O/[N+]([O-])=C/C(F)(F)F. The molecule has 0 aromatic heterocycles. The van der Waals surface area contributed by atoms with Crippen molar-refractivity contribution >= 4 is 14.5 Å². The van der Waals surface area contributed by atoms with Crippen molar-refractivity contribution in [2.45, 2.75) is 52.0 Å². The zero-order valence-corrected chi connectivity index (χ0v) is 12.1. The molecule has 0 saturated carbocycles. The minimum absolute atomic E-state index is 0.212. The van der Waals surface area contributed by atoms with Gasteiger partial charge >= 0.3 is 12.4 Å². The lowest BCUT2D eigenvalue weighted by molar-refractivity contribution is -0.704. The van der Waals surface area contributed by atoms with Gasteiger partial charge < -0.3 is 4.53 Å². The summed E-state index contributed by atoms with van der Waals surface area (Å²) in [5.74, 6) is 0.212. The van der Waals surface area contributed by atoms with Crippen LogP contribution >= 0.6 is 0 Å². The Morgan fingerprint density at radius 2 is 1.65 bits per heavy atom. The summed E-state index contributed by atoms with van der Waals surface area (Å²) in [6.07, 6.45) is -5.06. The molecule has 102 valence electrons. The quantitative estimate of drug-likeness (QED) is 0.338. The molecule has 0 bridgehead atoms. The van der Waals surface area contributed by atoms with Crippen molar-refractivity contribution in [3.8, 4) is 0 Å². The van der Waals surface area contributed by atoms with E-state index in [0.29, 0.717) is 0 Å². The van der Waals surface area contributed by atoms with Gasteiger partial charge in [0.15, 0.2) is 8.32 Å². The summed E-state index contributed by atoms with van der Waals surface area (Å²) in [5, 5.41) is 10.8. The minimum atomic E-state index is -4.66. The lowest BCUT2D eigenvalue weighted by Gasteiger charge is -2.43. The molecule has 0 atom stereocenters. The van der Waals surface area contributed by atoms with Crippen molar-refractivity contribution in [2.75, 3.05) is 0 Å². The Hall–Kier alpha value is -0.723. The highest BCUT2D eigenvalue weighted by atomic mass is 28.4. The van der Waals surface area contributed by atoms with Crippen molar-refractivity contribution in [2.24, 2.45) is 5.92 Å². The normalized spacial score (nSPS) is 15.3. The second-order valence-electron chi connectivity index (χ2n) is 5.43. The molecule has 3 nitrogen and oxygen atoms in total. The third-order valence-corrected chi connectivity index (χ3v) is 7.88. The Morgan fingerprint density at radius 3 is 1.94 bits per heavy atom. The molecule has 0 aromatic rings. The third kappa shape index (κ3) is 4.57. The summed E-state index contributed by atoms with van der Waals surface area (Å²) in [7, 11) is -2.57. The summed E-state index contributed by atoms with van der Waals surface area (Å²) in [6, 6.07) is 0. The van der Waals surface area contributed by atoms with Crippen molar-refractivity contribution in [1.29, 1.82) is 0 Å². The number of hydrogen-bond donors (Lipinski definition) is 0. The van der Waals surface area contributed by atoms with E-state index in [0.717, 1.165) is 0 Å². The first-order chi connectivity index (χ1) is 7.29. The van der Waals surface area contributed by atoms with E-state index in [2.05, 4.69) is 0 Å². The van der Waals surface area contributed by atoms with Gasteiger partial charge in [0.05, 0.1) is 0 Å². The molecule has 0 aliphatic heterocycles. The second kappa shape index (κ2) is 4.87. The van der Waals surface area contributed by atoms with E-state index in [4.69, 9.17) is 4.53 Å². The van der Waals surface area contributed by atoms with Crippen LogP contribution in [0.25, 0.3) is 0 Å². The van der Waals surface area contributed by atoms with E-state index in [-0.39, 0.29) is 11.0 Å². The summed E-state index contributed by atoms with van der Waals surface area (Å²) in [4.78, 5) is -0.448. The molecule has 0 unspecified atom stereocenters. The van der Waals surface area contributed by atoms with Crippen molar-refractivity contribution < 1.29 is 22.6 Å². The Balaban J connectivity index is 4.95. The van der Waals surface area contributed by atoms with Crippen LogP contribution in [-0.2, 0) is 4.53 Å². The van der Waals surface area contributed by atoms with Crippen LogP contribution in [0.4, 0.5) is 13.2 Å². The maximum atomic E-state index is 12.0. The molecule has 0 spiro atoms. The van der Waals surface area contributed by atoms with Crippen molar-refractivity contribution in [3.63, 3.8) is 0 Å². The average Bonchev–Trinajstić information content (AvgIpc) is 1.97. The molecular formula is C10H20F3NO2Si. The number of alkyl halides is 3. The van der Waals surface area contributed by atoms with Crippen molar-refractivity contribution in [1.82, 2.24) is 0 Å². The molecule has 0 rings (SSSR count). The summed E-state index contributed by atoms with van der Waals surface area (Å²) in [5.41, 5.74) is 0. The Morgan fingerprint density at radius 1 is 1.24 bits per heavy atom. The third-order valence-electron chi connectivity index (χ3n) is 3.57. The molecule has 0 aromatic carbocycles. The van der Waals surface area contributed by atoms with Crippen LogP contribution in [0.3, 0.4) is 0 Å². The predicted molar refractivity (Wildman–Crippen MR) is 63.2 cm³/mol. The number of nitrogens with zero attached hydrogens (tertiary/aromatic N) is 1. The summed E-state index contributed by atoms with van der Waals surface area (Å²) >= 11 is 0. The highest BCUT2D eigenvalue weighted by molar-refractivity contribution is 6.74. The number of hydrogen-bond acceptors (Lipinski definition) is 2. The van der Waals surface area contributed by atoms with E-state index in [1.54, 1.807) is 13.1 Å². The zero-order chi connectivity index (χ0) is 14.1. The first-order valence-electron chi connectivity index (χ1n) is 5.38. The van der Waals surface area contributed by atoms with Gasteiger partial charge in [-0.25, -0.2) is 0 Å². The van der Waals surface area contributed by atoms with Gasteiger partial charge in [-0.2, -0.15) is 13.2 Å². The van der Waals surface area contributed by atoms with E-state index < -0.39 is 25.6 Å². The summed E-state index contributed by atoms with van der Waals surface area (Å²) < 4.78 is 40.9. The number of rotatable bonds is 4. The van der Waals surface area contributed by atoms with Crippen LogP contribution in [0.2, 0.25) is 18.1 Å². The van der Waals surface area contributed by atoms with Crippen LogP contribution in [0.5, 0.6) is 0 Å². The lowest BCUT2D eigenvalue weighted by Crippen LogP contribution is -2.47. The molecule has 0 amide bonds. The predicted octanol–water partition coefficient (Wildman–Crippen LogP) is 3.70. The van der Waals surface area contributed by atoms with Gasteiger partial charge in [-0.05, 0) is 11.0 Å². The molecule has 0 saturated heterocycles. The average molecular weight is 271 g/mol. The first kappa shape index (κ1) is 16.3. The Bertz CT molecular complexity index is 298. The second-order valence-corrected chi connectivity index (χ2v) is 9.93. The molecule has 17 heavy (non-hydrogen) atoms. The fourth-order valence-electron chi connectivity index (χ4n) is 1.18. The molecule has 0 heterocycles. The standard InChI is InChI=1S/C10H20F3NO2Si/c1-8(2)9(3,4)17(5,6)16-14(15)7-10(11,12)13/h7-8H,1-6H3/b14-7+. The molecule has 0 aliphatic carbocycles. The van der Waals surface area contributed by atoms with Gasteiger partial charge in [0.2, 0.25) is 0 Å². The molecule has 0 N–H and O–H groups in total. The fourth-order valence-corrected chi connectivity index (χ4v) is 3.31. The van der Waals surface area contributed by atoms with Gasteiger partial charge in [-0.3, -0.25) is 5.21 Å². The molecule has 7 heteroatoms. The smallest absolute Gasteiger partial charge is 0.442 e. The maximum absolute atomic E-state index is 12.0. The molecular weight excluding hydrogens is 251 g/mol. The maximum Gasteiger partial charge on any atom is 0.475 e. The minimum Gasteiger partial charge on any atom is -0.442 e.